The van der Waals surface area contributed by atoms with E-state index in [1.807, 2.05) is 0 Å². The lowest BCUT2D eigenvalue weighted by Gasteiger charge is -2.24. The van der Waals surface area contributed by atoms with Crippen molar-refractivity contribution in [3.05, 3.63) is 205 Å². The average molecular weight is 715 g/mol. The van der Waals surface area contributed by atoms with Crippen molar-refractivity contribution in [2.24, 2.45) is 0 Å². The number of hydrogen-bond acceptors (Lipinski definition) is 1. The van der Waals surface area contributed by atoms with Gasteiger partial charge in [-0.2, -0.15) is 0 Å². The van der Waals surface area contributed by atoms with Crippen LogP contribution in [-0.4, -0.2) is 9.55 Å². The third-order valence-corrected chi connectivity index (χ3v) is 11.9. The lowest BCUT2D eigenvalue weighted by molar-refractivity contribution is 0.666. The number of aromatic nitrogens is 2. The Morgan fingerprint density at radius 1 is 0.411 bits per heavy atom. The van der Waals surface area contributed by atoms with Crippen LogP contribution in [0.25, 0.3) is 94.2 Å². The molecule has 10 aromatic rings. The molecule has 8 aromatic carbocycles. The van der Waals surface area contributed by atoms with E-state index in [0.29, 0.717) is 0 Å². The number of rotatable bonds is 5. The van der Waals surface area contributed by atoms with E-state index in [1.165, 1.54) is 66.0 Å². The van der Waals surface area contributed by atoms with Crippen molar-refractivity contribution >= 4 is 32.6 Å². The third-order valence-electron chi connectivity index (χ3n) is 11.9. The van der Waals surface area contributed by atoms with Crippen LogP contribution in [-0.2, 0) is 5.41 Å². The van der Waals surface area contributed by atoms with Gasteiger partial charge in [0.25, 0.3) is 0 Å². The van der Waals surface area contributed by atoms with Gasteiger partial charge in [-0.15, -0.1) is 0 Å². The number of benzene rings is 8. The van der Waals surface area contributed by atoms with E-state index < -0.39 is 0 Å². The molecule has 2 heterocycles. The minimum Gasteiger partial charge on any atom is -0.309 e. The SMILES string of the molecule is CC1(C)c2ccccc2-c2c(-c3cccc(-c4cc(-c5ccccc5)nc(-c5ccc(-n6c7ccccc7c7ccccc76)cc5)c4)c3)cc3ccccc3c21. The van der Waals surface area contributed by atoms with E-state index in [4.69, 9.17) is 4.98 Å². The van der Waals surface area contributed by atoms with Gasteiger partial charge in [-0.05, 0) is 104 Å². The van der Waals surface area contributed by atoms with Crippen LogP contribution in [0.5, 0.6) is 0 Å². The van der Waals surface area contributed by atoms with Crippen molar-refractivity contribution in [1.29, 1.82) is 0 Å². The fraction of sp³-hybridized carbons (Fsp3) is 0.0556. The number of pyridine rings is 1. The van der Waals surface area contributed by atoms with Crippen molar-refractivity contribution in [3.8, 4) is 61.6 Å². The summed E-state index contributed by atoms with van der Waals surface area (Å²) in [4.78, 5) is 5.29. The van der Waals surface area contributed by atoms with Gasteiger partial charge in [-0.1, -0.05) is 159 Å². The summed E-state index contributed by atoms with van der Waals surface area (Å²) in [7, 11) is 0. The Morgan fingerprint density at radius 2 is 0.982 bits per heavy atom. The molecule has 0 radical (unpaired) electrons. The zero-order valence-electron chi connectivity index (χ0n) is 31.4. The predicted octanol–water partition coefficient (Wildman–Crippen LogP) is 14.3. The van der Waals surface area contributed by atoms with Gasteiger partial charge in [0.05, 0.1) is 22.4 Å². The highest BCUT2D eigenvalue weighted by atomic mass is 15.0. The van der Waals surface area contributed by atoms with Crippen LogP contribution >= 0.6 is 0 Å². The number of para-hydroxylation sites is 2. The zero-order chi connectivity index (χ0) is 37.4. The molecule has 2 nitrogen and oxygen atoms in total. The van der Waals surface area contributed by atoms with Crippen LogP contribution in [0.4, 0.5) is 0 Å². The van der Waals surface area contributed by atoms with Gasteiger partial charge in [-0.3, -0.25) is 0 Å². The Hall–Kier alpha value is -7.03. The van der Waals surface area contributed by atoms with Crippen LogP contribution in [0.3, 0.4) is 0 Å². The van der Waals surface area contributed by atoms with Gasteiger partial charge in [0, 0.05) is 33.0 Å². The minimum atomic E-state index is -0.110. The van der Waals surface area contributed by atoms with E-state index in [2.05, 4.69) is 213 Å². The number of fused-ring (bicyclic) bond motifs is 8. The molecule has 0 saturated heterocycles. The van der Waals surface area contributed by atoms with Gasteiger partial charge in [0.2, 0.25) is 0 Å². The molecule has 0 bridgehead atoms. The summed E-state index contributed by atoms with van der Waals surface area (Å²) >= 11 is 0. The highest BCUT2D eigenvalue weighted by Crippen LogP contribution is 2.55. The Balaban J connectivity index is 1.06. The molecule has 1 aliphatic rings. The Morgan fingerprint density at radius 3 is 1.71 bits per heavy atom. The van der Waals surface area contributed by atoms with Crippen molar-refractivity contribution in [2.45, 2.75) is 19.3 Å². The quantitative estimate of drug-likeness (QED) is 0.174. The lowest BCUT2D eigenvalue weighted by Crippen LogP contribution is -2.15. The standard InChI is InChI=1S/C54H38N2/c1-54(2)47-24-11-8-23-45(47)52-46(32-39-17-6-7-20-42(39)53(52)54)38-19-14-18-37(31-38)40-33-48(35-15-4-3-5-16-35)55-49(34-40)36-27-29-41(30-28-36)56-50-25-12-9-21-43(50)44-22-10-13-26-51(44)56/h3-34H,1-2H3. The molecule has 1 aliphatic carbocycles. The van der Waals surface area contributed by atoms with Gasteiger partial charge >= 0.3 is 0 Å². The monoisotopic (exact) mass is 714 g/mol. The summed E-state index contributed by atoms with van der Waals surface area (Å²) in [6.45, 7) is 4.76. The molecular weight excluding hydrogens is 677 g/mol. The maximum absolute atomic E-state index is 5.29. The zero-order valence-corrected chi connectivity index (χ0v) is 31.4. The molecule has 0 atom stereocenters. The summed E-state index contributed by atoms with van der Waals surface area (Å²) in [5.74, 6) is 0. The highest BCUT2D eigenvalue weighted by molar-refractivity contribution is 6.09. The second kappa shape index (κ2) is 12.5. The molecule has 0 spiro atoms. The van der Waals surface area contributed by atoms with Gasteiger partial charge in [-0.25, -0.2) is 4.98 Å². The molecule has 264 valence electrons. The van der Waals surface area contributed by atoms with Gasteiger partial charge in [0.1, 0.15) is 0 Å². The normalized spacial score (nSPS) is 13.0. The second-order valence-electron chi connectivity index (χ2n) is 15.6. The number of hydrogen-bond donors (Lipinski definition) is 0. The second-order valence-corrected chi connectivity index (χ2v) is 15.6. The maximum atomic E-state index is 5.29. The first-order valence-electron chi connectivity index (χ1n) is 19.5. The fourth-order valence-corrected chi connectivity index (χ4v) is 9.34. The summed E-state index contributed by atoms with van der Waals surface area (Å²) in [5, 5.41) is 5.13. The molecule has 0 aliphatic heterocycles. The summed E-state index contributed by atoms with van der Waals surface area (Å²) in [6, 6.07) is 70.6. The Kier molecular flexibility index (Phi) is 7.24. The molecule has 0 saturated carbocycles. The largest absolute Gasteiger partial charge is 0.309 e. The molecule has 0 amide bonds. The minimum absolute atomic E-state index is 0.110. The van der Waals surface area contributed by atoms with Crippen LogP contribution in [0, 0.1) is 0 Å². The lowest BCUT2D eigenvalue weighted by atomic mass is 9.79. The average Bonchev–Trinajstić information content (AvgIpc) is 3.72. The molecule has 11 rings (SSSR count). The maximum Gasteiger partial charge on any atom is 0.0715 e. The van der Waals surface area contributed by atoms with Crippen molar-refractivity contribution in [3.63, 3.8) is 0 Å². The first-order valence-corrected chi connectivity index (χ1v) is 19.5. The summed E-state index contributed by atoms with van der Waals surface area (Å²) < 4.78 is 2.36. The van der Waals surface area contributed by atoms with Crippen LogP contribution in [0.2, 0.25) is 0 Å². The van der Waals surface area contributed by atoms with Crippen molar-refractivity contribution < 1.29 is 0 Å². The van der Waals surface area contributed by atoms with E-state index in [1.54, 1.807) is 0 Å². The smallest absolute Gasteiger partial charge is 0.0715 e. The number of nitrogens with zero attached hydrogens (tertiary/aromatic N) is 2. The summed E-state index contributed by atoms with van der Waals surface area (Å²) in [6.07, 6.45) is 0. The molecule has 2 heteroatoms. The molecular formula is C54H38N2. The van der Waals surface area contributed by atoms with E-state index >= 15 is 0 Å². The topological polar surface area (TPSA) is 17.8 Å². The van der Waals surface area contributed by atoms with Crippen LogP contribution in [0.1, 0.15) is 25.0 Å². The molecule has 0 unspecified atom stereocenters. The first kappa shape index (κ1) is 32.4. The van der Waals surface area contributed by atoms with Crippen molar-refractivity contribution in [2.75, 3.05) is 0 Å². The fourth-order valence-electron chi connectivity index (χ4n) is 9.34. The molecule has 0 N–H and O–H groups in total. The predicted molar refractivity (Wildman–Crippen MR) is 235 cm³/mol. The summed E-state index contributed by atoms with van der Waals surface area (Å²) in [5.41, 5.74) is 17.8. The Labute approximate surface area is 327 Å². The third kappa shape index (κ3) is 4.99. The van der Waals surface area contributed by atoms with E-state index in [9.17, 15) is 0 Å². The van der Waals surface area contributed by atoms with Gasteiger partial charge in [0.15, 0.2) is 0 Å². The molecule has 56 heavy (non-hydrogen) atoms. The van der Waals surface area contributed by atoms with E-state index in [-0.39, 0.29) is 5.41 Å². The van der Waals surface area contributed by atoms with Crippen LogP contribution in [0.15, 0.2) is 194 Å². The van der Waals surface area contributed by atoms with Crippen molar-refractivity contribution in [1.82, 2.24) is 9.55 Å². The first-order chi connectivity index (χ1) is 27.5. The highest BCUT2D eigenvalue weighted by Gasteiger charge is 2.38. The van der Waals surface area contributed by atoms with Gasteiger partial charge < -0.3 is 4.57 Å². The van der Waals surface area contributed by atoms with Crippen LogP contribution < -0.4 is 0 Å². The van der Waals surface area contributed by atoms with E-state index in [0.717, 1.165) is 39.3 Å². The Bertz CT molecular complexity index is 3090. The molecule has 2 aromatic heterocycles. The molecule has 0 fully saturated rings.